The average molecular weight is 280 g/mol. The van der Waals surface area contributed by atoms with E-state index < -0.39 is 0 Å². The number of fused-ring (bicyclic) bond motifs is 1. The molecule has 2 N–H and O–H groups in total. The summed E-state index contributed by atoms with van der Waals surface area (Å²) in [7, 11) is 0. The topological polar surface area (TPSA) is 42.1 Å². The van der Waals surface area contributed by atoms with Gasteiger partial charge in [-0.25, -0.2) is 4.98 Å². The minimum atomic E-state index is 0.482. The quantitative estimate of drug-likeness (QED) is 0.903. The fourth-order valence-electron chi connectivity index (χ4n) is 3.72. The molecule has 1 saturated heterocycles. The molecule has 1 aromatic heterocycles. The molecule has 0 bridgehead atoms. The summed E-state index contributed by atoms with van der Waals surface area (Å²) in [5.74, 6) is 1.79. The van der Waals surface area contributed by atoms with Crippen LogP contribution >= 0.6 is 11.6 Å². The smallest absolute Gasteiger partial charge is 0.147 e. The number of nitrogens with two attached hydrogens (primary N) is 1. The molecule has 2 heterocycles. The third-order valence-electron chi connectivity index (χ3n) is 4.69. The highest BCUT2D eigenvalue weighted by atomic mass is 35.5. The number of anilines is 1. The largest absolute Gasteiger partial charge is 0.352 e. The van der Waals surface area contributed by atoms with Gasteiger partial charge >= 0.3 is 0 Å². The third-order valence-corrected chi connectivity index (χ3v) is 5.10. The first kappa shape index (κ1) is 13.2. The summed E-state index contributed by atoms with van der Waals surface area (Å²) in [5.41, 5.74) is 6.75. The summed E-state index contributed by atoms with van der Waals surface area (Å²) >= 11 is 6.49. The molecule has 2 atom stereocenters. The molecule has 0 amide bonds. The summed E-state index contributed by atoms with van der Waals surface area (Å²) in [6.07, 6.45) is 9.85. The van der Waals surface area contributed by atoms with E-state index in [1.165, 1.54) is 38.5 Å². The standard InChI is InChI=1S/C15H22ClN3/c16-14-12(10-17)7-8-18-15(14)19-9-3-5-11-4-1-2-6-13(11)19/h7-8,11,13H,1-6,9-10,17H2. The normalized spacial score (nSPS) is 27.2. The van der Waals surface area contributed by atoms with E-state index in [2.05, 4.69) is 9.88 Å². The Hall–Kier alpha value is -0.800. The lowest BCUT2D eigenvalue weighted by Gasteiger charge is -2.45. The number of halogens is 1. The Kier molecular flexibility index (Phi) is 3.94. The minimum Gasteiger partial charge on any atom is -0.352 e. The molecular weight excluding hydrogens is 258 g/mol. The number of hydrogen-bond donors (Lipinski definition) is 1. The molecule has 1 aliphatic carbocycles. The van der Waals surface area contributed by atoms with E-state index in [0.717, 1.165) is 28.9 Å². The van der Waals surface area contributed by atoms with Gasteiger partial charge in [0.15, 0.2) is 0 Å². The van der Waals surface area contributed by atoms with Crippen LogP contribution in [-0.4, -0.2) is 17.6 Å². The van der Waals surface area contributed by atoms with Crippen molar-refractivity contribution in [1.82, 2.24) is 4.98 Å². The Morgan fingerprint density at radius 1 is 1.26 bits per heavy atom. The fraction of sp³-hybridized carbons (Fsp3) is 0.667. The summed E-state index contributed by atoms with van der Waals surface area (Å²) in [5, 5.41) is 0.760. The highest BCUT2D eigenvalue weighted by molar-refractivity contribution is 6.33. The van der Waals surface area contributed by atoms with Crippen LogP contribution < -0.4 is 10.6 Å². The second kappa shape index (κ2) is 5.68. The monoisotopic (exact) mass is 279 g/mol. The maximum Gasteiger partial charge on any atom is 0.147 e. The van der Waals surface area contributed by atoms with E-state index >= 15 is 0 Å². The predicted molar refractivity (Wildman–Crippen MR) is 79.5 cm³/mol. The molecule has 3 nitrogen and oxygen atoms in total. The lowest BCUT2D eigenvalue weighted by Crippen LogP contribution is -2.47. The van der Waals surface area contributed by atoms with Crippen molar-refractivity contribution in [2.24, 2.45) is 11.7 Å². The molecule has 104 valence electrons. The number of nitrogens with zero attached hydrogens (tertiary/aromatic N) is 2. The van der Waals surface area contributed by atoms with Crippen LogP contribution in [0.1, 0.15) is 44.1 Å². The Balaban J connectivity index is 1.91. The van der Waals surface area contributed by atoms with Gasteiger partial charge in [-0.05, 0) is 43.2 Å². The van der Waals surface area contributed by atoms with Gasteiger partial charge in [-0.15, -0.1) is 0 Å². The zero-order chi connectivity index (χ0) is 13.2. The second-order valence-electron chi connectivity index (χ2n) is 5.76. The second-order valence-corrected chi connectivity index (χ2v) is 6.14. The molecule has 0 aromatic carbocycles. The van der Waals surface area contributed by atoms with Crippen LogP contribution in [-0.2, 0) is 6.54 Å². The maximum atomic E-state index is 6.49. The maximum absolute atomic E-state index is 6.49. The summed E-state index contributed by atoms with van der Waals surface area (Å²) in [6.45, 7) is 1.57. The van der Waals surface area contributed by atoms with Crippen molar-refractivity contribution in [2.45, 2.75) is 51.1 Å². The van der Waals surface area contributed by atoms with E-state index in [0.29, 0.717) is 12.6 Å². The Morgan fingerprint density at radius 2 is 2.05 bits per heavy atom. The first-order valence-corrected chi connectivity index (χ1v) is 7.79. The van der Waals surface area contributed by atoms with E-state index in [1.54, 1.807) is 0 Å². The van der Waals surface area contributed by atoms with Crippen molar-refractivity contribution in [1.29, 1.82) is 0 Å². The van der Waals surface area contributed by atoms with Gasteiger partial charge in [-0.3, -0.25) is 0 Å². The molecule has 3 rings (SSSR count). The molecule has 4 heteroatoms. The van der Waals surface area contributed by atoms with Crippen molar-refractivity contribution < 1.29 is 0 Å². The molecule has 1 aromatic rings. The number of rotatable bonds is 2. The predicted octanol–water partition coefficient (Wildman–Crippen LogP) is 3.35. The number of aromatic nitrogens is 1. The highest BCUT2D eigenvalue weighted by Gasteiger charge is 2.34. The SMILES string of the molecule is NCc1ccnc(N2CCCC3CCCCC32)c1Cl. The van der Waals surface area contributed by atoms with Crippen LogP contribution in [0.15, 0.2) is 12.3 Å². The molecule has 0 spiro atoms. The van der Waals surface area contributed by atoms with Crippen molar-refractivity contribution in [3.63, 3.8) is 0 Å². The van der Waals surface area contributed by atoms with Crippen LogP contribution in [0.25, 0.3) is 0 Å². The Labute approximate surface area is 120 Å². The molecule has 19 heavy (non-hydrogen) atoms. The Bertz CT molecular complexity index is 447. The van der Waals surface area contributed by atoms with Gasteiger partial charge in [0, 0.05) is 25.3 Å². The van der Waals surface area contributed by atoms with E-state index in [1.807, 2.05) is 12.3 Å². The molecule has 0 radical (unpaired) electrons. The van der Waals surface area contributed by atoms with E-state index in [-0.39, 0.29) is 0 Å². The van der Waals surface area contributed by atoms with Gasteiger partial charge in [0.05, 0.1) is 5.02 Å². The van der Waals surface area contributed by atoms with Gasteiger partial charge in [-0.1, -0.05) is 24.4 Å². The number of hydrogen-bond acceptors (Lipinski definition) is 3. The van der Waals surface area contributed by atoms with Gasteiger partial charge in [0.25, 0.3) is 0 Å². The first-order valence-electron chi connectivity index (χ1n) is 7.41. The van der Waals surface area contributed by atoms with Crippen LogP contribution in [0.5, 0.6) is 0 Å². The minimum absolute atomic E-state index is 0.482. The van der Waals surface area contributed by atoms with Crippen molar-refractivity contribution in [3.8, 4) is 0 Å². The van der Waals surface area contributed by atoms with Crippen LogP contribution in [0.4, 0.5) is 5.82 Å². The fourth-order valence-corrected chi connectivity index (χ4v) is 4.01. The van der Waals surface area contributed by atoms with Crippen LogP contribution in [0, 0.1) is 5.92 Å². The molecule has 2 unspecified atom stereocenters. The van der Waals surface area contributed by atoms with E-state index in [9.17, 15) is 0 Å². The summed E-state index contributed by atoms with van der Waals surface area (Å²) in [4.78, 5) is 6.99. The van der Waals surface area contributed by atoms with E-state index in [4.69, 9.17) is 17.3 Å². The molecular formula is C15H22ClN3. The molecule has 1 aliphatic heterocycles. The zero-order valence-electron chi connectivity index (χ0n) is 11.3. The van der Waals surface area contributed by atoms with Gasteiger partial charge < -0.3 is 10.6 Å². The highest BCUT2D eigenvalue weighted by Crippen LogP contribution is 2.39. The first-order chi connectivity index (χ1) is 9.31. The Morgan fingerprint density at radius 3 is 2.89 bits per heavy atom. The summed E-state index contributed by atoms with van der Waals surface area (Å²) in [6, 6.07) is 2.56. The van der Waals surface area contributed by atoms with Crippen molar-refractivity contribution >= 4 is 17.4 Å². The molecule has 2 aliphatic rings. The average Bonchev–Trinajstić information content (AvgIpc) is 2.47. The number of pyridine rings is 1. The van der Waals surface area contributed by atoms with Gasteiger partial charge in [0.1, 0.15) is 5.82 Å². The van der Waals surface area contributed by atoms with Crippen molar-refractivity contribution in [2.75, 3.05) is 11.4 Å². The lowest BCUT2D eigenvalue weighted by molar-refractivity contribution is 0.243. The zero-order valence-corrected chi connectivity index (χ0v) is 12.1. The van der Waals surface area contributed by atoms with Crippen LogP contribution in [0.3, 0.4) is 0 Å². The van der Waals surface area contributed by atoms with Gasteiger partial charge in [0.2, 0.25) is 0 Å². The lowest BCUT2D eigenvalue weighted by atomic mass is 9.78. The summed E-state index contributed by atoms with van der Waals surface area (Å²) < 4.78 is 0. The van der Waals surface area contributed by atoms with Crippen molar-refractivity contribution in [3.05, 3.63) is 22.8 Å². The molecule has 1 saturated carbocycles. The van der Waals surface area contributed by atoms with Gasteiger partial charge in [-0.2, -0.15) is 0 Å². The number of piperidine rings is 1. The molecule has 2 fully saturated rings. The van der Waals surface area contributed by atoms with Crippen LogP contribution in [0.2, 0.25) is 5.02 Å². The third kappa shape index (κ3) is 2.46.